The van der Waals surface area contributed by atoms with Crippen LogP contribution in [0.25, 0.3) is 11.2 Å². The van der Waals surface area contributed by atoms with Crippen LogP contribution in [0, 0.1) is 11.3 Å². The molecule has 2 N–H and O–H groups in total. The Morgan fingerprint density at radius 3 is 2.69 bits per heavy atom. The largest absolute Gasteiger partial charge is 0.454 e. The molecular formula is C23H22BrN5O2S. The molecule has 4 aromatic rings. The first-order valence-electron chi connectivity index (χ1n) is 10.3. The maximum Gasteiger partial charge on any atom is 0.231 e. The summed E-state index contributed by atoms with van der Waals surface area (Å²) in [4.78, 5) is 13.4. The predicted octanol–water partition coefficient (Wildman–Crippen LogP) is 5.32. The van der Waals surface area contributed by atoms with Gasteiger partial charge in [0.1, 0.15) is 5.52 Å². The average molecular weight is 512 g/mol. The number of aromatic nitrogens is 4. The molecule has 1 aliphatic heterocycles. The van der Waals surface area contributed by atoms with Crippen molar-refractivity contribution in [3.8, 4) is 11.5 Å². The highest BCUT2D eigenvalue weighted by atomic mass is 79.9. The van der Waals surface area contributed by atoms with E-state index in [0.717, 1.165) is 27.3 Å². The maximum atomic E-state index is 8.28. The molecule has 0 bridgehead atoms. The monoisotopic (exact) mass is 511 g/mol. The first-order chi connectivity index (χ1) is 15.5. The van der Waals surface area contributed by atoms with E-state index >= 15 is 0 Å². The summed E-state index contributed by atoms with van der Waals surface area (Å²) < 4.78 is 13.9. The van der Waals surface area contributed by atoms with Gasteiger partial charge in [-0.1, -0.05) is 55.9 Å². The second-order valence-electron chi connectivity index (χ2n) is 7.99. The third-order valence-corrected chi connectivity index (χ3v) is 7.42. The van der Waals surface area contributed by atoms with Gasteiger partial charge in [0.25, 0.3) is 0 Å². The van der Waals surface area contributed by atoms with Gasteiger partial charge in [0.15, 0.2) is 27.8 Å². The minimum absolute atomic E-state index is 0.182. The number of imidazole rings is 1. The molecule has 0 fully saturated rings. The molecule has 1 aliphatic rings. The summed E-state index contributed by atoms with van der Waals surface area (Å²) >= 11 is 5.07. The first kappa shape index (κ1) is 21.1. The molecule has 2 aromatic carbocycles. The van der Waals surface area contributed by atoms with Crippen LogP contribution < -0.4 is 15.0 Å². The highest BCUT2D eigenvalue weighted by molar-refractivity contribution is 9.10. The van der Waals surface area contributed by atoms with E-state index in [1.54, 1.807) is 6.33 Å². The van der Waals surface area contributed by atoms with Crippen molar-refractivity contribution in [3.63, 3.8) is 0 Å². The van der Waals surface area contributed by atoms with E-state index in [-0.39, 0.29) is 12.3 Å². The molecule has 32 heavy (non-hydrogen) atoms. The normalized spacial score (nSPS) is 13.8. The number of benzene rings is 2. The number of ether oxygens (including phenoxy) is 2. The summed E-state index contributed by atoms with van der Waals surface area (Å²) in [6.45, 7) is 5.41. The average Bonchev–Trinajstić information content (AvgIpc) is 3.41. The molecule has 0 saturated heterocycles. The Morgan fingerprint density at radius 1 is 1.19 bits per heavy atom. The van der Waals surface area contributed by atoms with E-state index in [1.807, 2.05) is 22.8 Å². The number of hydrogen-bond donors (Lipinski definition) is 2. The third kappa shape index (κ3) is 4.02. The number of nitrogens with one attached hydrogen (secondary N) is 2. The highest BCUT2D eigenvalue weighted by Gasteiger charge is 2.20. The lowest BCUT2D eigenvalue weighted by Gasteiger charge is -2.22. The summed E-state index contributed by atoms with van der Waals surface area (Å²) in [5, 5.41) is 8.97. The topological polar surface area (TPSA) is 88.8 Å². The molecule has 1 unspecified atom stereocenters. The van der Waals surface area contributed by atoms with Gasteiger partial charge in [-0.2, -0.15) is 0 Å². The second-order valence-corrected chi connectivity index (χ2v) is 9.87. The molecule has 0 amide bonds. The molecule has 0 spiro atoms. The Hall–Kier alpha value is -2.78. The Kier molecular flexibility index (Phi) is 5.69. The zero-order valence-corrected chi connectivity index (χ0v) is 20.0. The van der Waals surface area contributed by atoms with Crippen molar-refractivity contribution in [1.29, 1.82) is 5.41 Å². The molecular weight excluding hydrogens is 490 g/mol. The molecule has 0 aliphatic carbocycles. The summed E-state index contributed by atoms with van der Waals surface area (Å²) in [6.07, 6.45) is 1.72. The van der Waals surface area contributed by atoms with Gasteiger partial charge in [-0.25, -0.2) is 9.97 Å². The van der Waals surface area contributed by atoms with Crippen molar-refractivity contribution in [3.05, 3.63) is 64.3 Å². The van der Waals surface area contributed by atoms with E-state index in [0.29, 0.717) is 28.3 Å². The molecule has 3 heterocycles. The zero-order chi connectivity index (χ0) is 22.2. The van der Waals surface area contributed by atoms with Gasteiger partial charge in [-0.15, -0.1) is 0 Å². The van der Waals surface area contributed by atoms with E-state index in [1.165, 1.54) is 17.3 Å². The summed E-state index contributed by atoms with van der Waals surface area (Å²) in [5.74, 6) is 2.18. The minimum atomic E-state index is 0.182. The van der Waals surface area contributed by atoms with E-state index < -0.39 is 0 Å². The van der Waals surface area contributed by atoms with Gasteiger partial charge >= 0.3 is 0 Å². The first-order valence-corrected chi connectivity index (χ1v) is 11.9. The predicted molar refractivity (Wildman–Crippen MR) is 126 cm³/mol. The number of H-pyrrole nitrogens is 1. The lowest BCUT2D eigenvalue weighted by atomic mass is 9.88. The fraction of sp³-hybridized carbons (Fsp3) is 0.261. The third-order valence-electron chi connectivity index (χ3n) is 5.56. The van der Waals surface area contributed by atoms with Gasteiger partial charge in [-0.3, -0.25) is 5.41 Å². The van der Waals surface area contributed by atoms with Gasteiger partial charge in [0.05, 0.1) is 6.33 Å². The molecule has 5 rings (SSSR count). The molecule has 0 radical (unpaired) electrons. The lowest BCUT2D eigenvalue weighted by molar-refractivity contribution is 0.174. The van der Waals surface area contributed by atoms with Crippen LogP contribution in [-0.4, -0.2) is 26.3 Å². The van der Waals surface area contributed by atoms with Crippen molar-refractivity contribution in [2.24, 2.45) is 5.92 Å². The molecule has 0 saturated carbocycles. The number of hydrogen-bond acceptors (Lipinski definition) is 6. The number of fused-ring (bicyclic) bond motifs is 2. The fourth-order valence-electron chi connectivity index (χ4n) is 3.84. The van der Waals surface area contributed by atoms with Crippen LogP contribution in [0.4, 0.5) is 0 Å². The van der Waals surface area contributed by atoms with Crippen molar-refractivity contribution in [2.75, 3.05) is 6.79 Å². The summed E-state index contributed by atoms with van der Waals surface area (Å²) in [6, 6.07) is 14.3. The highest BCUT2D eigenvalue weighted by Crippen LogP contribution is 2.42. The number of halogens is 1. The summed E-state index contributed by atoms with van der Waals surface area (Å²) in [5.41, 5.74) is 2.82. The van der Waals surface area contributed by atoms with Crippen LogP contribution >= 0.6 is 27.7 Å². The fourth-order valence-corrected chi connectivity index (χ4v) is 5.22. The Balaban J connectivity index is 1.50. The van der Waals surface area contributed by atoms with Crippen LogP contribution in [0.3, 0.4) is 0 Å². The molecule has 7 nitrogen and oxygen atoms in total. The minimum Gasteiger partial charge on any atom is -0.454 e. The van der Waals surface area contributed by atoms with E-state index in [2.05, 4.69) is 64.0 Å². The SMILES string of the molecule is CC(C)C(Cn1cnc(=N)c2[nH]c(Sc3cc4c(cc3Br)OCO4)nc21)c1ccccc1. The van der Waals surface area contributed by atoms with Crippen LogP contribution in [0.5, 0.6) is 11.5 Å². The molecule has 2 aromatic heterocycles. The smallest absolute Gasteiger partial charge is 0.231 e. The van der Waals surface area contributed by atoms with Crippen molar-refractivity contribution in [1.82, 2.24) is 19.5 Å². The van der Waals surface area contributed by atoms with Gasteiger partial charge < -0.3 is 19.0 Å². The number of aromatic amines is 1. The number of rotatable bonds is 6. The van der Waals surface area contributed by atoms with Crippen LogP contribution in [-0.2, 0) is 6.54 Å². The second kappa shape index (κ2) is 8.63. The van der Waals surface area contributed by atoms with Crippen molar-refractivity contribution >= 4 is 38.9 Å². The Morgan fingerprint density at radius 2 is 1.94 bits per heavy atom. The van der Waals surface area contributed by atoms with Crippen molar-refractivity contribution < 1.29 is 9.47 Å². The van der Waals surface area contributed by atoms with Crippen LogP contribution in [0.15, 0.2) is 63.3 Å². The van der Waals surface area contributed by atoms with E-state index in [4.69, 9.17) is 19.9 Å². The van der Waals surface area contributed by atoms with Crippen molar-refractivity contribution in [2.45, 2.75) is 36.4 Å². The summed E-state index contributed by atoms with van der Waals surface area (Å²) in [7, 11) is 0. The van der Waals surface area contributed by atoms with Crippen LogP contribution in [0.2, 0.25) is 0 Å². The van der Waals surface area contributed by atoms with E-state index in [9.17, 15) is 0 Å². The zero-order valence-electron chi connectivity index (χ0n) is 17.6. The van der Waals surface area contributed by atoms with Crippen LogP contribution in [0.1, 0.15) is 25.3 Å². The number of nitrogens with zero attached hydrogens (tertiary/aromatic N) is 3. The quantitative estimate of drug-likeness (QED) is 0.365. The standard InChI is InChI=1S/C23H22BrN5O2S/c1-13(2)15(14-6-4-3-5-7-14)10-29-11-26-21(25)20-22(29)28-23(27-20)32-19-9-18-17(8-16(19)24)30-12-31-18/h3-9,11,13,15,25H,10,12H2,1-2H3,(H,27,28). The molecule has 164 valence electrons. The van der Waals surface area contributed by atoms with Gasteiger partial charge in [0, 0.05) is 21.8 Å². The van der Waals surface area contributed by atoms with Gasteiger partial charge in [0.2, 0.25) is 6.79 Å². The molecule has 1 atom stereocenters. The van der Waals surface area contributed by atoms with Gasteiger partial charge in [-0.05, 0) is 39.5 Å². The molecule has 9 heteroatoms. The Labute approximate surface area is 197 Å². The maximum absolute atomic E-state index is 8.28. The Bertz CT molecular complexity index is 1340. The lowest BCUT2D eigenvalue weighted by Crippen LogP contribution is -2.19.